The second-order valence-electron chi connectivity index (χ2n) is 3.56. The second-order valence-corrected chi connectivity index (χ2v) is 3.97. The summed E-state index contributed by atoms with van der Waals surface area (Å²) in [5, 5.41) is 20.6. The van der Waals surface area contributed by atoms with Crippen molar-refractivity contribution in [2.75, 3.05) is 11.9 Å². The third-order valence-corrected chi connectivity index (χ3v) is 2.31. The molecule has 1 rings (SSSR count). The summed E-state index contributed by atoms with van der Waals surface area (Å²) in [6.45, 7) is 0.956. The number of benzene rings is 1. The van der Waals surface area contributed by atoms with E-state index < -0.39 is 17.4 Å². The average molecular weight is 248 g/mol. The molecule has 0 aliphatic heterocycles. The highest BCUT2D eigenvalue weighted by Crippen LogP contribution is 2.19. The lowest BCUT2D eigenvalue weighted by molar-refractivity contribution is -0.155. The summed E-state index contributed by atoms with van der Waals surface area (Å²) >= 11 is 5.53. The Labute approximate surface area is 96.7 Å². The van der Waals surface area contributed by atoms with Crippen LogP contribution >= 0.6 is 11.6 Å². The quantitative estimate of drug-likeness (QED) is 0.758. The molecule has 1 unspecified atom stereocenters. The predicted molar refractivity (Wildman–Crippen MR) is 58.2 cm³/mol. The third-order valence-electron chi connectivity index (χ3n) is 2.02. The zero-order valence-corrected chi connectivity index (χ0v) is 9.25. The lowest BCUT2D eigenvalue weighted by Gasteiger charge is -2.19. The van der Waals surface area contributed by atoms with Gasteiger partial charge in [0.1, 0.15) is 5.82 Å². The van der Waals surface area contributed by atoms with Crippen LogP contribution in [0.1, 0.15) is 6.92 Å². The van der Waals surface area contributed by atoms with Crippen LogP contribution in [0.4, 0.5) is 10.1 Å². The molecule has 0 aliphatic carbocycles. The van der Waals surface area contributed by atoms with Crippen LogP contribution in [0.3, 0.4) is 0 Å². The van der Waals surface area contributed by atoms with Gasteiger partial charge >= 0.3 is 5.97 Å². The maximum Gasteiger partial charge on any atom is 0.337 e. The molecule has 16 heavy (non-hydrogen) atoms. The van der Waals surface area contributed by atoms with Gasteiger partial charge < -0.3 is 15.5 Å². The van der Waals surface area contributed by atoms with Crippen LogP contribution in [0.25, 0.3) is 0 Å². The topological polar surface area (TPSA) is 69.6 Å². The van der Waals surface area contributed by atoms with Gasteiger partial charge in [0.15, 0.2) is 5.60 Å². The van der Waals surface area contributed by atoms with Gasteiger partial charge in [-0.05, 0) is 25.1 Å². The molecule has 0 aromatic heterocycles. The fraction of sp³-hybridized carbons (Fsp3) is 0.300. The molecule has 0 aliphatic rings. The van der Waals surface area contributed by atoms with Crippen LogP contribution in [0.2, 0.25) is 5.02 Å². The highest BCUT2D eigenvalue weighted by atomic mass is 35.5. The van der Waals surface area contributed by atoms with E-state index in [1.165, 1.54) is 12.1 Å². The van der Waals surface area contributed by atoms with Gasteiger partial charge in [-0.1, -0.05) is 11.6 Å². The SMILES string of the molecule is CC(O)(CNc1ccc(F)c(Cl)c1)C(=O)O. The maximum absolute atomic E-state index is 12.8. The fourth-order valence-electron chi connectivity index (χ4n) is 0.956. The number of carbonyl (C=O) groups is 1. The fourth-order valence-corrected chi connectivity index (χ4v) is 1.14. The number of aliphatic carboxylic acids is 1. The molecule has 3 N–H and O–H groups in total. The largest absolute Gasteiger partial charge is 0.479 e. The van der Waals surface area contributed by atoms with Gasteiger partial charge in [0.25, 0.3) is 0 Å². The molecule has 88 valence electrons. The first-order valence-electron chi connectivity index (χ1n) is 4.47. The van der Waals surface area contributed by atoms with Crippen molar-refractivity contribution < 1.29 is 19.4 Å². The lowest BCUT2D eigenvalue weighted by atomic mass is 10.1. The Balaban J connectivity index is 2.68. The molecule has 0 saturated heterocycles. The number of carboxylic acid groups (broad SMARTS) is 1. The minimum Gasteiger partial charge on any atom is -0.479 e. The summed E-state index contributed by atoms with van der Waals surface area (Å²) in [7, 11) is 0. The number of hydrogen-bond donors (Lipinski definition) is 3. The predicted octanol–water partition coefficient (Wildman–Crippen LogP) is 1.73. The Bertz CT molecular complexity index is 409. The van der Waals surface area contributed by atoms with E-state index in [2.05, 4.69) is 5.32 Å². The Hall–Kier alpha value is -1.33. The van der Waals surface area contributed by atoms with E-state index in [0.29, 0.717) is 5.69 Å². The second kappa shape index (κ2) is 4.67. The van der Waals surface area contributed by atoms with E-state index in [0.717, 1.165) is 13.0 Å². The molecule has 0 saturated carbocycles. The van der Waals surface area contributed by atoms with Crippen molar-refractivity contribution >= 4 is 23.3 Å². The molecule has 0 amide bonds. The number of hydrogen-bond acceptors (Lipinski definition) is 3. The van der Waals surface area contributed by atoms with Gasteiger partial charge in [-0.15, -0.1) is 0 Å². The highest BCUT2D eigenvalue weighted by molar-refractivity contribution is 6.31. The number of halogens is 2. The number of anilines is 1. The molecule has 6 heteroatoms. The van der Waals surface area contributed by atoms with Gasteiger partial charge in [-0.3, -0.25) is 0 Å². The van der Waals surface area contributed by atoms with Crippen LogP contribution in [0.15, 0.2) is 18.2 Å². The molecule has 4 nitrogen and oxygen atoms in total. The zero-order valence-electron chi connectivity index (χ0n) is 8.50. The van der Waals surface area contributed by atoms with Crippen molar-refractivity contribution in [3.63, 3.8) is 0 Å². The smallest absolute Gasteiger partial charge is 0.337 e. The molecule has 0 spiro atoms. The number of nitrogens with one attached hydrogen (secondary N) is 1. The average Bonchev–Trinajstić information content (AvgIpc) is 2.20. The van der Waals surface area contributed by atoms with Crippen molar-refractivity contribution in [3.8, 4) is 0 Å². The summed E-state index contributed by atoms with van der Waals surface area (Å²) in [5.41, 5.74) is -1.45. The van der Waals surface area contributed by atoms with E-state index in [1.807, 2.05) is 0 Å². The molecule has 0 radical (unpaired) electrons. The van der Waals surface area contributed by atoms with Crippen molar-refractivity contribution in [2.24, 2.45) is 0 Å². The third kappa shape index (κ3) is 3.08. The number of aliphatic hydroxyl groups is 1. The molecule has 0 heterocycles. The summed E-state index contributed by atoms with van der Waals surface area (Å²) < 4.78 is 12.8. The summed E-state index contributed by atoms with van der Waals surface area (Å²) in [5.74, 6) is -1.90. The van der Waals surface area contributed by atoms with E-state index >= 15 is 0 Å². The summed E-state index contributed by atoms with van der Waals surface area (Å²) in [6, 6.07) is 3.87. The maximum atomic E-state index is 12.8. The molecule has 1 atom stereocenters. The van der Waals surface area contributed by atoms with Crippen molar-refractivity contribution in [3.05, 3.63) is 29.0 Å². The van der Waals surface area contributed by atoms with E-state index in [4.69, 9.17) is 16.7 Å². The molecule has 0 fully saturated rings. The Morgan fingerprint density at radius 1 is 1.62 bits per heavy atom. The molecule has 1 aromatic carbocycles. The first-order chi connectivity index (χ1) is 7.33. The zero-order chi connectivity index (χ0) is 12.3. The first kappa shape index (κ1) is 12.7. The van der Waals surface area contributed by atoms with E-state index in [-0.39, 0.29) is 11.6 Å². The Morgan fingerprint density at radius 2 is 2.25 bits per heavy atom. The van der Waals surface area contributed by atoms with Gasteiger partial charge in [-0.2, -0.15) is 0 Å². The minimum absolute atomic E-state index is 0.0695. The Morgan fingerprint density at radius 3 is 2.75 bits per heavy atom. The van der Waals surface area contributed by atoms with Crippen molar-refractivity contribution in [1.82, 2.24) is 0 Å². The van der Waals surface area contributed by atoms with E-state index in [9.17, 15) is 14.3 Å². The van der Waals surface area contributed by atoms with Crippen LogP contribution in [-0.2, 0) is 4.79 Å². The van der Waals surface area contributed by atoms with Crippen LogP contribution in [0.5, 0.6) is 0 Å². The first-order valence-corrected chi connectivity index (χ1v) is 4.85. The summed E-state index contributed by atoms with van der Waals surface area (Å²) in [4.78, 5) is 10.6. The minimum atomic E-state index is -1.89. The van der Waals surface area contributed by atoms with Gasteiger partial charge in [0.05, 0.1) is 11.6 Å². The molecular weight excluding hydrogens is 237 g/mol. The van der Waals surface area contributed by atoms with Gasteiger partial charge in [0.2, 0.25) is 0 Å². The highest BCUT2D eigenvalue weighted by Gasteiger charge is 2.29. The normalized spacial score (nSPS) is 14.2. The Kier molecular flexibility index (Phi) is 3.72. The molecular formula is C10H11ClFNO3. The summed E-state index contributed by atoms with van der Waals surface area (Å²) in [6.07, 6.45) is 0. The van der Waals surface area contributed by atoms with Gasteiger partial charge in [0, 0.05) is 5.69 Å². The van der Waals surface area contributed by atoms with Crippen molar-refractivity contribution in [1.29, 1.82) is 0 Å². The standard InChI is InChI=1S/C10H11ClFNO3/c1-10(16,9(14)15)5-13-6-2-3-8(12)7(11)4-6/h2-4,13,16H,5H2,1H3,(H,14,15). The number of rotatable bonds is 4. The lowest BCUT2D eigenvalue weighted by Crippen LogP contribution is -2.41. The molecule has 0 bridgehead atoms. The number of carboxylic acids is 1. The van der Waals surface area contributed by atoms with Gasteiger partial charge in [-0.25, -0.2) is 9.18 Å². The monoisotopic (exact) mass is 247 g/mol. The van der Waals surface area contributed by atoms with Crippen LogP contribution in [-0.4, -0.2) is 28.3 Å². The van der Waals surface area contributed by atoms with Crippen LogP contribution < -0.4 is 5.32 Å². The molecule has 1 aromatic rings. The van der Waals surface area contributed by atoms with Crippen molar-refractivity contribution in [2.45, 2.75) is 12.5 Å². The van der Waals surface area contributed by atoms with E-state index in [1.54, 1.807) is 0 Å². The van der Waals surface area contributed by atoms with Crippen LogP contribution in [0, 0.1) is 5.82 Å².